The van der Waals surface area contributed by atoms with Crippen molar-refractivity contribution in [2.24, 2.45) is 5.11 Å². The Kier molecular flexibility index (Phi) is 3.36. The number of rotatable bonds is 3. The molecule has 0 saturated heterocycles. The van der Waals surface area contributed by atoms with Crippen molar-refractivity contribution < 1.29 is 0 Å². The highest BCUT2D eigenvalue weighted by atomic mass is 15.1. The van der Waals surface area contributed by atoms with Crippen molar-refractivity contribution in [3.05, 3.63) is 88.3 Å². The molecule has 3 rings (SSSR count). The van der Waals surface area contributed by atoms with Gasteiger partial charge in [-0.1, -0.05) is 71.8 Å². The van der Waals surface area contributed by atoms with Crippen LogP contribution in [-0.4, -0.2) is 0 Å². The van der Waals surface area contributed by atoms with Gasteiger partial charge in [-0.25, -0.2) is 0 Å². The molecule has 0 aliphatic carbocycles. The third-order valence-electron chi connectivity index (χ3n) is 3.35. The molecule has 0 radical (unpaired) electrons. The molecule has 3 aromatic rings. The second kappa shape index (κ2) is 5.47. The van der Waals surface area contributed by atoms with Crippen LogP contribution < -0.4 is 0 Å². The Labute approximate surface area is 117 Å². The van der Waals surface area contributed by atoms with Crippen molar-refractivity contribution in [3.63, 3.8) is 0 Å². The number of benzene rings is 3. The van der Waals surface area contributed by atoms with E-state index in [0.29, 0.717) is 5.69 Å². The highest BCUT2D eigenvalue weighted by molar-refractivity contribution is 5.83. The van der Waals surface area contributed by atoms with Gasteiger partial charge in [-0.05, 0) is 33.9 Å². The number of hydrogen-bond donors (Lipinski definition) is 0. The summed E-state index contributed by atoms with van der Waals surface area (Å²) >= 11 is 0. The van der Waals surface area contributed by atoms with E-state index < -0.39 is 0 Å². The standard InChI is InChI=1S/C17H13N3/c18-20-19-17-8-4-3-7-16(17)12-13-9-10-14-5-1-2-6-15(14)11-13/h1-11H,12H2. The quantitative estimate of drug-likeness (QED) is 0.345. The normalized spacial score (nSPS) is 10.2. The van der Waals surface area contributed by atoms with Crippen LogP contribution in [0.25, 0.3) is 21.2 Å². The molecule has 0 spiro atoms. The van der Waals surface area contributed by atoms with Gasteiger partial charge >= 0.3 is 0 Å². The van der Waals surface area contributed by atoms with Crippen LogP contribution in [0, 0.1) is 0 Å². The van der Waals surface area contributed by atoms with Gasteiger partial charge in [0, 0.05) is 10.6 Å². The Hall–Kier alpha value is -2.77. The van der Waals surface area contributed by atoms with Crippen molar-refractivity contribution >= 4 is 16.5 Å². The SMILES string of the molecule is [N-]=[N+]=Nc1ccccc1Cc1ccc2ccccc2c1. The molecule has 3 nitrogen and oxygen atoms in total. The molecule has 0 bridgehead atoms. The molecule has 20 heavy (non-hydrogen) atoms. The summed E-state index contributed by atoms with van der Waals surface area (Å²) in [7, 11) is 0. The fraction of sp³-hybridized carbons (Fsp3) is 0.0588. The Morgan fingerprint density at radius 1 is 0.850 bits per heavy atom. The number of fused-ring (bicyclic) bond motifs is 1. The van der Waals surface area contributed by atoms with Gasteiger partial charge in [-0.15, -0.1) is 0 Å². The molecule has 0 amide bonds. The van der Waals surface area contributed by atoms with Crippen LogP contribution in [0.3, 0.4) is 0 Å². The topological polar surface area (TPSA) is 48.8 Å². The molecule has 0 aromatic heterocycles. The first-order chi connectivity index (χ1) is 9.86. The molecule has 3 heteroatoms. The molecule has 0 atom stereocenters. The first kappa shape index (κ1) is 12.3. The van der Waals surface area contributed by atoms with E-state index in [4.69, 9.17) is 5.53 Å². The zero-order valence-corrected chi connectivity index (χ0v) is 10.9. The lowest BCUT2D eigenvalue weighted by Gasteiger charge is -2.06. The van der Waals surface area contributed by atoms with Gasteiger partial charge in [-0.3, -0.25) is 0 Å². The van der Waals surface area contributed by atoms with E-state index in [9.17, 15) is 0 Å². The lowest BCUT2D eigenvalue weighted by atomic mass is 10.0. The Bertz CT molecular complexity index is 802. The van der Waals surface area contributed by atoms with Crippen LogP contribution >= 0.6 is 0 Å². The zero-order chi connectivity index (χ0) is 13.8. The van der Waals surface area contributed by atoms with E-state index in [1.807, 2.05) is 36.4 Å². The van der Waals surface area contributed by atoms with E-state index in [1.165, 1.54) is 16.3 Å². The van der Waals surface area contributed by atoms with E-state index in [0.717, 1.165) is 12.0 Å². The fourth-order valence-electron chi connectivity index (χ4n) is 2.37. The van der Waals surface area contributed by atoms with Gasteiger partial charge in [0.2, 0.25) is 0 Å². The molecular formula is C17H13N3. The van der Waals surface area contributed by atoms with Crippen molar-refractivity contribution in [3.8, 4) is 0 Å². The monoisotopic (exact) mass is 259 g/mol. The van der Waals surface area contributed by atoms with Gasteiger partial charge < -0.3 is 0 Å². The lowest BCUT2D eigenvalue weighted by Crippen LogP contribution is -1.88. The number of nitrogens with zero attached hydrogens (tertiary/aromatic N) is 3. The average Bonchev–Trinajstić information content (AvgIpc) is 2.49. The van der Waals surface area contributed by atoms with Crippen molar-refractivity contribution in [1.82, 2.24) is 0 Å². The van der Waals surface area contributed by atoms with Crippen LogP contribution in [0.4, 0.5) is 5.69 Å². The van der Waals surface area contributed by atoms with Crippen LogP contribution in [0.5, 0.6) is 0 Å². The average molecular weight is 259 g/mol. The van der Waals surface area contributed by atoms with Crippen molar-refractivity contribution in [1.29, 1.82) is 0 Å². The summed E-state index contributed by atoms with van der Waals surface area (Å²) in [5.74, 6) is 0. The summed E-state index contributed by atoms with van der Waals surface area (Å²) in [6, 6.07) is 22.4. The molecule has 96 valence electrons. The van der Waals surface area contributed by atoms with Gasteiger partial charge in [0.1, 0.15) is 0 Å². The summed E-state index contributed by atoms with van der Waals surface area (Å²) in [5, 5.41) is 6.21. The first-order valence-corrected chi connectivity index (χ1v) is 6.47. The summed E-state index contributed by atoms with van der Waals surface area (Å²) in [6.45, 7) is 0. The van der Waals surface area contributed by atoms with Gasteiger partial charge in [0.05, 0.1) is 0 Å². The van der Waals surface area contributed by atoms with Crippen LogP contribution in [-0.2, 0) is 6.42 Å². The smallest absolute Gasteiger partial charge is 0.0410 e. The number of hydrogen-bond acceptors (Lipinski definition) is 1. The predicted molar refractivity (Wildman–Crippen MR) is 82.0 cm³/mol. The van der Waals surface area contributed by atoms with Gasteiger partial charge in [-0.2, -0.15) is 0 Å². The third-order valence-corrected chi connectivity index (χ3v) is 3.35. The van der Waals surface area contributed by atoms with Gasteiger partial charge in [0.15, 0.2) is 0 Å². The summed E-state index contributed by atoms with van der Waals surface area (Å²) in [6.07, 6.45) is 0.764. The molecule has 3 aromatic carbocycles. The molecule has 0 heterocycles. The van der Waals surface area contributed by atoms with Crippen molar-refractivity contribution in [2.45, 2.75) is 6.42 Å². The molecule has 0 fully saturated rings. The Morgan fingerprint density at radius 2 is 1.60 bits per heavy atom. The maximum absolute atomic E-state index is 8.61. The highest BCUT2D eigenvalue weighted by Crippen LogP contribution is 2.24. The highest BCUT2D eigenvalue weighted by Gasteiger charge is 2.02. The summed E-state index contributed by atoms with van der Waals surface area (Å²) in [4.78, 5) is 2.88. The van der Waals surface area contributed by atoms with E-state index >= 15 is 0 Å². The Balaban J connectivity index is 1.99. The first-order valence-electron chi connectivity index (χ1n) is 6.47. The van der Waals surface area contributed by atoms with Crippen LogP contribution in [0.1, 0.15) is 11.1 Å². The summed E-state index contributed by atoms with van der Waals surface area (Å²) < 4.78 is 0. The van der Waals surface area contributed by atoms with E-state index in [1.54, 1.807) is 0 Å². The minimum Gasteiger partial charge on any atom is -0.0620 e. The lowest BCUT2D eigenvalue weighted by molar-refractivity contribution is 1.19. The van der Waals surface area contributed by atoms with Crippen molar-refractivity contribution in [2.75, 3.05) is 0 Å². The second-order valence-electron chi connectivity index (χ2n) is 4.68. The molecule has 0 saturated carbocycles. The fourth-order valence-corrected chi connectivity index (χ4v) is 2.37. The third kappa shape index (κ3) is 2.48. The largest absolute Gasteiger partial charge is 0.0620 e. The minimum absolute atomic E-state index is 0.697. The van der Waals surface area contributed by atoms with Crippen LogP contribution in [0.15, 0.2) is 71.8 Å². The van der Waals surface area contributed by atoms with Crippen LogP contribution in [0.2, 0.25) is 0 Å². The molecule has 0 unspecified atom stereocenters. The van der Waals surface area contributed by atoms with Gasteiger partial charge in [0.25, 0.3) is 0 Å². The molecule has 0 aliphatic rings. The summed E-state index contributed by atoms with van der Waals surface area (Å²) in [5.41, 5.74) is 11.6. The van der Waals surface area contributed by atoms with E-state index in [2.05, 4.69) is 40.4 Å². The second-order valence-corrected chi connectivity index (χ2v) is 4.68. The Morgan fingerprint density at radius 3 is 2.45 bits per heavy atom. The minimum atomic E-state index is 0.697. The zero-order valence-electron chi connectivity index (χ0n) is 10.9. The maximum Gasteiger partial charge on any atom is 0.0410 e. The number of azide groups is 1. The molecule has 0 N–H and O–H groups in total. The maximum atomic E-state index is 8.61. The predicted octanol–water partition coefficient (Wildman–Crippen LogP) is 5.37. The van der Waals surface area contributed by atoms with E-state index in [-0.39, 0.29) is 0 Å². The molecule has 0 aliphatic heterocycles. The molecular weight excluding hydrogens is 246 g/mol.